The molecule has 1 heterocycles. The van der Waals surface area contributed by atoms with Gasteiger partial charge in [0.15, 0.2) is 0 Å². The third-order valence-electron chi connectivity index (χ3n) is 4.03. The van der Waals surface area contributed by atoms with Gasteiger partial charge in [0.2, 0.25) is 5.91 Å². The van der Waals surface area contributed by atoms with Crippen LogP contribution in [0.4, 0.5) is 0 Å². The second kappa shape index (κ2) is 8.48. The molecule has 5 nitrogen and oxygen atoms in total. The standard InChI is InChI=1S/C17H21N3O2S2/c21-15(18-14-9-5-2-6-10-14)11-24(22)12-16-19-20-17(23-16)13-7-3-1-4-8-13/h1,3-4,7-8,14H,2,5-6,9-12H2,(H,18,21)/t24-/m0/s1. The van der Waals surface area contributed by atoms with Gasteiger partial charge in [-0.05, 0) is 12.8 Å². The Labute approximate surface area is 148 Å². The third kappa shape index (κ3) is 4.95. The minimum atomic E-state index is -1.25. The van der Waals surface area contributed by atoms with Gasteiger partial charge >= 0.3 is 0 Å². The van der Waals surface area contributed by atoms with Crippen molar-refractivity contribution in [1.82, 2.24) is 15.5 Å². The first kappa shape index (κ1) is 17.2. The minimum absolute atomic E-state index is 0.0384. The Morgan fingerprint density at radius 1 is 1.17 bits per heavy atom. The predicted molar refractivity (Wildman–Crippen MR) is 97.1 cm³/mol. The first-order valence-electron chi connectivity index (χ1n) is 8.23. The highest BCUT2D eigenvalue weighted by Gasteiger charge is 2.18. The zero-order chi connectivity index (χ0) is 16.8. The Kier molecular flexibility index (Phi) is 6.09. The van der Waals surface area contributed by atoms with Gasteiger partial charge in [-0.1, -0.05) is 60.9 Å². The van der Waals surface area contributed by atoms with Crippen LogP contribution < -0.4 is 5.32 Å². The number of hydrogen-bond acceptors (Lipinski definition) is 5. The van der Waals surface area contributed by atoms with Crippen LogP contribution in [0.15, 0.2) is 30.3 Å². The van der Waals surface area contributed by atoms with Crippen molar-refractivity contribution in [2.45, 2.75) is 43.9 Å². The molecule has 1 fully saturated rings. The lowest BCUT2D eigenvalue weighted by atomic mass is 9.95. The lowest BCUT2D eigenvalue weighted by Gasteiger charge is -2.22. The fraction of sp³-hybridized carbons (Fsp3) is 0.471. The van der Waals surface area contributed by atoms with Crippen molar-refractivity contribution in [1.29, 1.82) is 0 Å². The zero-order valence-corrected chi connectivity index (χ0v) is 15.1. The van der Waals surface area contributed by atoms with Crippen LogP contribution >= 0.6 is 11.3 Å². The summed E-state index contributed by atoms with van der Waals surface area (Å²) in [5, 5.41) is 12.8. The van der Waals surface area contributed by atoms with E-state index in [0.29, 0.717) is 5.01 Å². The van der Waals surface area contributed by atoms with Gasteiger partial charge in [-0.2, -0.15) is 0 Å². The summed E-state index contributed by atoms with van der Waals surface area (Å²) in [4.78, 5) is 12.0. The predicted octanol–water partition coefficient (Wildman–Crippen LogP) is 2.90. The maximum atomic E-state index is 12.2. The Balaban J connectivity index is 1.50. The molecule has 1 saturated carbocycles. The summed E-state index contributed by atoms with van der Waals surface area (Å²) in [5.74, 6) is 0.201. The van der Waals surface area contributed by atoms with Crippen molar-refractivity contribution in [3.05, 3.63) is 35.3 Å². The molecule has 1 atom stereocenters. The molecule has 128 valence electrons. The molecule has 0 spiro atoms. The Morgan fingerprint density at radius 2 is 1.92 bits per heavy atom. The van der Waals surface area contributed by atoms with Gasteiger partial charge in [0.1, 0.15) is 15.8 Å². The smallest absolute Gasteiger partial charge is 0.232 e. The van der Waals surface area contributed by atoms with Gasteiger partial charge in [0.25, 0.3) is 0 Å². The summed E-state index contributed by atoms with van der Waals surface area (Å²) in [5.41, 5.74) is 1.00. The van der Waals surface area contributed by atoms with E-state index in [9.17, 15) is 9.00 Å². The van der Waals surface area contributed by atoms with Crippen LogP contribution in [0.1, 0.15) is 37.1 Å². The van der Waals surface area contributed by atoms with E-state index < -0.39 is 10.8 Å². The molecule has 1 aromatic heterocycles. The number of nitrogens with zero attached hydrogens (tertiary/aromatic N) is 2. The highest BCUT2D eigenvalue weighted by atomic mass is 32.2. The average molecular weight is 364 g/mol. The molecule has 0 unspecified atom stereocenters. The molecule has 1 N–H and O–H groups in total. The summed E-state index contributed by atoms with van der Waals surface area (Å²) in [6, 6.07) is 10.0. The first-order chi connectivity index (χ1) is 11.7. The first-order valence-corrected chi connectivity index (χ1v) is 10.5. The monoisotopic (exact) mass is 363 g/mol. The average Bonchev–Trinajstić information content (AvgIpc) is 3.04. The number of hydrogen-bond donors (Lipinski definition) is 1. The molecule has 1 aliphatic rings. The van der Waals surface area contributed by atoms with Crippen LogP contribution in [0, 0.1) is 0 Å². The SMILES string of the molecule is O=C(C[S@](=O)Cc1nnc(-c2ccccc2)s1)NC1CCCCC1. The van der Waals surface area contributed by atoms with Gasteiger partial charge in [0, 0.05) is 22.4 Å². The fourth-order valence-corrected chi connectivity index (χ4v) is 4.94. The molecule has 0 saturated heterocycles. The quantitative estimate of drug-likeness (QED) is 0.856. The lowest BCUT2D eigenvalue weighted by Crippen LogP contribution is -2.38. The van der Waals surface area contributed by atoms with E-state index >= 15 is 0 Å². The van der Waals surface area contributed by atoms with Crippen molar-refractivity contribution in [3.8, 4) is 10.6 Å². The summed E-state index contributed by atoms with van der Waals surface area (Å²) >= 11 is 1.43. The molecule has 0 bridgehead atoms. The maximum absolute atomic E-state index is 12.2. The normalized spacial score (nSPS) is 16.7. The van der Waals surface area contributed by atoms with E-state index in [4.69, 9.17) is 0 Å². The highest BCUT2D eigenvalue weighted by molar-refractivity contribution is 7.85. The molecule has 24 heavy (non-hydrogen) atoms. The number of carbonyl (C=O) groups excluding carboxylic acids is 1. The molecular formula is C17H21N3O2S2. The van der Waals surface area contributed by atoms with Gasteiger partial charge < -0.3 is 5.32 Å². The summed E-state index contributed by atoms with van der Waals surface area (Å²) in [7, 11) is -1.25. The number of benzene rings is 1. The largest absolute Gasteiger partial charge is 0.353 e. The molecule has 1 aromatic carbocycles. The molecule has 1 aliphatic carbocycles. The number of carbonyl (C=O) groups is 1. The topological polar surface area (TPSA) is 72.0 Å². The van der Waals surface area contributed by atoms with E-state index in [1.54, 1.807) is 0 Å². The van der Waals surface area contributed by atoms with E-state index in [1.165, 1.54) is 30.6 Å². The van der Waals surface area contributed by atoms with E-state index in [1.807, 2.05) is 30.3 Å². The van der Waals surface area contributed by atoms with Crippen LogP contribution in [0.3, 0.4) is 0 Å². The second-order valence-electron chi connectivity index (χ2n) is 6.00. The van der Waals surface area contributed by atoms with Crippen LogP contribution in [0.5, 0.6) is 0 Å². The van der Waals surface area contributed by atoms with Crippen LogP contribution in [0.25, 0.3) is 10.6 Å². The van der Waals surface area contributed by atoms with Crippen LogP contribution in [-0.4, -0.2) is 32.1 Å². The van der Waals surface area contributed by atoms with Crippen molar-refractivity contribution in [2.24, 2.45) is 0 Å². The number of aromatic nitrogens is 2. The number of rotatable bonds is 6. The molecule has 3 rings (SSSR count). The van der Waals surface area contributed by atoms with E-state index in [2.05, 4.69) is 15.5 Å². The van der Waals surface area contributed by atoms with Gasteiger partial charge in [-0.25, -0.2) is 0 Å². The number of amides is 1. The van der Waals surface area contributed by atoms with Gasteiger partial charge in [0.05, 0.1) is 5.75 Å². The molecule has 2 aromatic rings. The zero-order valence-electron chi connectivity index (χ0n) is 13.4. The maximum Gasteiger partial charge on any atom is 0.232 e. The Morgan fingerprint density at radius 3 is 2.67 bits per heavy atom. The Bertz CT molecular complexity index is 697. The fourth-order valence-electron chi connectivity index (χ4n) is 2.86. The molecule has 0 aliphatic heterocycles. The number of nitrogens with one attached hydrogen (secondary N) is 1. The van der Waals surface area contributed by atoms with Crippen molar-refractivity contribution >= 4 is 28.0 Å². The van der Waals surface area contributed by atoms with Crippen molar-refractivity contribution in [3.63, 3.8) is 0 Å². The van der Waals surface area contributed by atoms with Gasteiger partial charge in [-0.15, -0.1) is 10.2 Å². The van der Waals surface area contributed by atoms with Crippen molar-refractivity contribution < 1.29 is 9.00 Å². The van der Waals surface area contributed by atoms with E-state index in [-0.39, 0.29) is 23.5 Å². The van der Waals surface area contributed by atoms with Crippen LogP contribution in [0.2, 0.25) is 0 Å². The highest BCUT2D eigenvalue weighted by Crippen LogP contribution is 2.23. The summed E-state index contributed by atoms with van der Waals surface area (Å²) < 4.78 is 12.2. The van der Waals surface area contributed by atoms with Crippen molar-refractivity contribution in [2.75, 3.05) is 5.75 Å². The molecule has 0 radical (unpaired) electrons. The van der Waals surface area contributed by atoms with Crippen LogP contribution in [-0.2, 0) is 21.3 Å². The molecular weight excluding hydrogens is 342 g/mol. The lowest BCUT2D eigenvalue weighted by molar-refractivity contribution is -0.119. The minimum Gasteiger partial charge on any atom is -0.353 e. The van der Waals surface area contributed by atoms with Gasteiger partial charge in [-0.3, -0.25) is 9.00 Å². The molecule has 1 amide bonds. The Hall–Kier alpha value is -1.60. The molecule has 7 heteroatoms. The van der Waals surface area contributed by atoms with E-state index in [0.717, 1.165) is 23.4 Å². The summed E-state index contributed by atoms with van der Waals surface area (Å²) in [6.07, 6.45) is 5.66. The second-order valence-corrected chi connectivity index (χ2v) is 8.52. The summed E-state index contributed by atoms with van der Waals surface area (Å²) in [6.45, 7) is 0. The third-order valence-corrected chi connectivity index (χ3v) is 6.37.